The van der Waals surface area contributed by atoms with Crippen LogP contribution in [0.1, 0.15) is 39.3 Å². The molecule has 0 aliphatic carbocycles. The molecule has 0 radical (unpaired) electrons. The number of esters is 1. The van der Waals surface area contributed by atoms with Gasteiger partial charge < -0.3 is 25.4 Å². The van der Waals surface area contributed by atoms with Crippen LogP contribution in [0.2, 0.25) is 0 Å². The molecular formula is C14H22FN3O7. The van der Waals surface area contributed by atoms with Crippen molar-refractivity contribution in [3.63, 3.8) is 0 Å². The molecule has 2 unspecified atom stereocenters. The van der Waals surface area contributed by atoms with E-state index < -0.39 is 47.9 Å². The number of aromatic amines is 1. The van der Waals surface area contributed by atoms with Gasteiger partial charge in [0.2, 0.25) is 5.82 Å². The fraction of sp³-hybridized carbons (Fsp3) is 0.643. The number of hydrogen-bond acceptors (Lipinski definition) is 8. The number of ether oxygens (including phenoxy) is 2. The van der Waals surface area contributed by atoms with Gasteiger partial charge in [0, 0.05) is 0 Å². The summed E-state index contributed by atoms with van der Waals surface area (Å²) in [5.41, 5.74) is 2.89. The number of carbonyl (C=O) groups is 1. The SMILES string of the molecule is CCC.NCC(=O)OC(O)(O)C1CCC(n2cc(F)c(=O)[nH]c2=O)O1. The molecule has 10 nitrogen and oxygen atoms in total. The van der Waals surface area contributed by atoms with Crippen LogP contribution in [0.5, 0.6) is 0 Å². The second kappa shape index (κ2) is 8.85. The van der Waals surface area contributed by atoms with E-state index >= 15 is 0 Å². The van der Waals surface area contributed by atoms with Gasteiger partial charge >= 0.3 is 17.6 Å². The summed E-state index contributed by atoms with van der Waals surface area (Å²) in [7, 11) is 0. The molecule has 142 valence electrons. The number of aliphatic hydroxyl groups is 2. The highest BCUT2D eigenvalue weighted by atomic mass is 19.1. The number of aromatic nitrogens is 2. The van der Waals surface area contributed by atoms with Gasteiger partial charge in [0.05, 0.1) is 12.7 Å². The number of nitrogens with two attached hydrogens (primary N) is 1. The van der Waals surface area contributed by atoms with Crippen LogP contribution < -0.4 is 17.0 Å². The number of nitrogens with one attached hydrogen (secondary N) is 1. The zero-order chi connectivity index (χ0) is 19.2. The van der Waals surface area contributed by atoms with Crippen LogP contribution in [0.4, 0.5) is 4.39 Å². The van der Waals surface area contributed by atoms with Crippen molar-refractivity contribution in [2.24, 2.45) is 5.73 Å². The van der Waals surface area contributed by atoms with Crippen molar-refractivity contribution in [1.29, 1.82) is 0 Å². The minimum absolute atomic E-state index is 0.00268. The van der Waals surface area contributed by atoms with Crippen LogP contribution in [0, 0.1) is 5.82 Å². The van der Waals surface area contributed by atoms with Gasteiger partial charge in [0.25, 0.3) is 5.56 Å². The average molecular weight is 363 g/mol. The number of H-pyrrole nitrogens is 1. The van der Waals surface area contributed by atoms with Crippen molar-refractivity contribution >= 4 is 5.97 Å². The molecule has 5 N–H and O–H groups in total. The Bertz CT molecular complexity index is 700. The van der Waals surface area contributed by atoms with E-state index in [4.69, 9.17) is 10.5 Å². The summed E-state index contributed by atoms with van der Waals surface area (Å²) in [6.07, 6.45) is -0.424. The zero-order valence-electron chi connectivity index (χ0n) is 13.9. The molecule has 11 heteroatoms. The topological polar surface area (TPSA) is 157 Å². The monoisotopic (exact) mass is 363 g/mol. The molecule has 2 rings (SSSR count). The molecule has 0 bridgehead atoms. The third-order valence-corrected chi connectivity index (χ3v) is 3.08. The lowest BCUT2D eigenvalue weighted by molar-refractivity contribution is -0.362. The van der Waals surface area contributed by atoms with E-state index in [-0.39, 0.29) is 12.8 Å². The zero-order valence-corrected chi connectivity index (χ0v) is 13.9. The number of hydrogen-bond donors (Lipinski definition) is 4. The van der Waals surface area contributed by atoms with E-state index in [0.29, 0.717) is 6.20 Å². The Labute approximate surface area is 142 Å². The third kappa shape index (κ3) is 5.46. The lowest BCUT2D eigenvalue weighted by Gasteiger charge is -2.27. The predicted molar refractivity (Wildman–Crippen MR) is 82.7 cm³/mol. The molecule has 1 fully saturated rings. The predicted octanol–water partition coefficient (Wildman–Crippen LogP) is -1.09. The maximum absolute atomic E-state index is 13.2. The molecule has 1 aliphatic rings. The first kappa shape index (κ1) is 21.0. The van der Waals surface area contributed by atoms with Gasteiger partial charge in [-0.1, -0.05) is 20.3 Å². The highest BCUT2D eigenvalue weighted by molar-refractivity contribution is 5.71. The number of rotatable bonds is 4. The van der Waals surface area contributed by atoms with Crippen LogP contribution in [-0.4, -0.2) is 44.4 Å². The number of nitrogens with zero attached hydrogens (tertiary/aromatic N) is 1. The van der Waals surface area contributed by atoms with E-state index in [0.717, 1.165) is 4.57 Å². The van der Waals surface area contributed by atoms with E-state index in [1.807, 2.05) is 0 Å². The van der Waals surface area contributed by atoms with E-state index in [9.17, 15) is 29.0 Å². The Morgan fingerprint density at radius 2 is 2.08 bits per heavy atom. The van der Waals surface area contributed by atoms with Crippen LogP contribution in [-0.2, 0) is 14.3 Å². The van der Waals surface area contributed by atoms with E-state index in [1.165, 1.54) is 6.42 Å². The maximum atomic E-state index is 13.2. The molecule has 1 aliphatic heterocycles. The quantitative estimate of drug-likeness (QED) is 0.388. The van der Waals surface area contributed by atoms with Gasteiger partial charge in [0.15, 0.2) is 6.10 Å². The number of carbonyl (C=O) groups excluding carboxylic acids is 1. The first-order valence-electron chi connectivity index (χ1n) is 7.69. The van der Waals surface area contributed by atoms with Crippen LogP contribution in [0.15, 0.2) is 15.8 Å². The van der Waals surface area contributed by atoms with Crippen LogP contribution in [0.3, 0.4) is 0 Å². The minimum Gasteiger partial charge on any atom is -0.405 e. The van der Waals surface area contributed by atoms with Gasteiger partial charge in [-0.15, -0.1) is 0 Å². The molecule has 1 aromatic rings. The molecule has 25 heavy (non-hydrogen) atoms. The fourth-order valence-electron chi connectivity index (χ4n) is 2.05. The number of halogens is 1. The summed E-state index contributed by atoms with van der Waals surface area (Å²) in [5.74, 6) is -5.19. The largest absolute Gasteiger partial charge is 0.405 e. The summed E-state index contributed by atoms with van der Waals surface area (Å²) < 4.78 is 23.5. The molecule has 2 heterocycles. The van der Waals surface area contributed by atoms with Gasteiger partial charge in [-0.25, -0.2) is 4.79 Å². The van der Waals surface area contributed by atoms with Gasteiger partial charge in [-0.2, -0.15) is 4.39 Å². The fourth-order valence-corrected chi connectivity index (χ4v) is 2.05. The molecule has 0 spiro atoms. The molecular weight excluding hydrogens is 341 g/mol. The summed E-state index contributed by atoms with van der Waals surface area (Å²) >= 11 is 0. The van der Waals surface area contributed by atoms with Crippen LogP contribution in [0.25, 0.3) is 0 Å². The van der Waals surface area contributed by atoms with Crippen LogP contribution >= 0.6 is 0 Å². The molecule has 1 saturated heterocycles. The molecule has 1 aromatic heterocycles. The lowest BCUT2D eigenvalue weighted by atomic mass is 10.2. The Morgan fingerprint density at radius 1 is 1.48 bits per heavy atom. The van der Waals surface area contributed by atoms with Crippen molar-refractivity contribution in [1.82, 2.24) is 9.55 Å². The first-order valence-corrected chi connectivity index (χ1v) is 7.69. The average Bonchev–Trinajstić information content (AvgIpc) is 3.01. The highest BCUT2D eigenvalue weighted by Crippen LogP contribution is 2.32. The van der Waals surface area contributed by atoms with Crippen molar-refractivity contribution in [3.8, 4) is 0 Å². The molecule has 2 atom stereocenters. The van der Waals surface area contributed by atoms with Crippen molar-refractivity contribution < 1.29 is 28.9 Å². The lowest BCUT2D eigenvalue weighted by Crippen LogP contribution is -2.47. The van der Waals surface area contributed by atoms with E-state index in [2.05, 4.69) is 18.6 Å². The minimum atomic E-state index is -2.93. The Balaban J connectivity index is 0.000000970. The van der Waals surface area contributed by atoms with Gasteiger partial charge in [-0.3, -0.25) is 19.1 Å². The normalized spacial score (nSPS) is 19.9. The molecule has 0 amide bonds. The summed E-state index contributed by atoms with van der Waals surface area (Å²) in [6.45, 7) is 3.68. The third-order valence-electron chi connectivity index (χ3n) is 3.08. The van der Waals surface area contributed by atoms with Crippen molar-refractivity contribution in [2.45, 2.75) is 51.4 Å². The summed E-state index contributed by atoms with van der Waals surface area (Å²) in [6, 6.07) is 0. The maximum Gasteiger partial charge on any atom is 0.352 e. The Kier molecular flexibility index (Phi) is 7.42. The second-order valence-corrected chi connectivity index (χ2v) is 5.34. The standard InChI is InChI=1S/C11H14FN3O7.C3H8/c12-5-4-15(10(18)14-9(5)17)7-2-1-6(21-7)11(19,20)22-8(16)3-13;1-3-2/h4,6-7,19-20H,1-3,13H2,(H,14,17,18);3H2,1-2H3. The summed E-state index contributed by atoms with van der Waals surface area (Å²) in [5, 5.41) is 19.3. The van der Waals surface area contributed by atoms with E-state index in [1.54, 1.807) is 4.98 Å². The Hall–Kier alpha value is -2.08. The summed E-state index contributed by atoms with van der Waals surface area (Å²) in [4.78, 5) is 35.3. The molecule has 0 aromatic carbocycles. The van der Waals surface area contributed by atoms with Crippen molar-refractivity contribution in [3.05, 3.63) is 32.9 Å². The highest BCUT2D eigenvalue weighted by Gasteiger charge is 2.45. The van der Waals surface area contributed by atoms with Crippen molar-refractivity contribution in [2.75, 3.05) is 6.54 Å². The first-order chi connectivity index (χ1) is 11.7. The Morgan fingerprint density at radius 3 is 2.64 bits per heavy atom. The second-order valence-electron chi connectivity index (χ2n) is 5.34. The van der Waals surface area contributed by atoms with Gasteiger partial charge in [0.1, 0.15) is 6.23 Å². The smallest absolute Gasteiger partial charge is 0.352 e. The molecule has 0 saturated carbocycles. The van der Waals surface area contributed by atoms with Gasteiger partial charge in [-0.05, 0) is 12.8 Å².